The van der Waals surface area contributed by atoms with E-state index in [4.69, 9.17) is 10.5 Å². The predicted molar refractivity (Wildman–Crippen MR) is 80.2 cm³/mol. The largest absolute Gasteiger partial charge is 0.382 e. The van der Waals surface area contributed by atoms with Crippen molar-refractivity contribution < 1.29 is 14.3 Å². The third-order valence-corrected chi connectivity index (χ3v) is 3.42. The minimum absolute atomic E-state index is 0.0965. The van der Waals surface area contributed by atoms with E-state index in [1.165, 1.54) is 18.9 Å². The normalized spacial score (nSPS) is 11.9. The van der Waals surface area contributed by atoms with Crippen molar-refractivity contribution in [2.45, 2.75) is 19.5 Å². The fourth-order valence-corrected chi connectivity index (χ4v) is 2.07. The molecule has 1 aromatic carbocycles. The molecule has 104 valence electrons. The summed E-state index contributed by atoms with van der Waals surface area (Å²) in [7, 11) is 1.47. The second-order valence-corrected chi connectivity index (χ2v) is 5.39. The van der Waals surface area contributed by atoms with Crippen LogP contribution in [0.2, 0.25) is 0 Å². The van der Waals surface area contributed by atoms with Gasteiger partial charge >= 0.3 is 0 Å². The first kappa shape index (κ1) is 15.9. The van der Waals surface area contributed by atoms with Gasteiger partial charge in [-0.25, -0.2) is 0 Å². The molecule has 6 heteroatoms. The van der Waals surface area contributed by atoms with Gasteiger partial charge in [0.2, 0.25) is 11.8 Å². The van der Waals surface area contributed by atoms with Crippen molar-refractivity contribution in [3.8, 4) is 0 Å². The lowest BCUT2D eigenvalue weighted by atomic mass is 10.1. The van der Waals surface area contributed by atoms with E-state index in [1.54, 1.807) is 0 Å². The van der Waals surface area contributed by atoms with Crippen LogP contribution in [0.25, 0.3) is 0 Å². The Hall–Kier alpha value is -1.15. The Morgan fingerprint density at radius 3 is 2.37 bits per heavy atom. The summed E-state index contributed by atoms with van der Waals surface area (Å²) in [5, 5.41) is 0. The molecule has 1 atom stereocenters. The first-order valence-electron chi connectivity index (χ1n) is 5.75. The predicted octanol–water partition coefficient (Wildman–Crippen LogP) is 1.14. The maximum absolute atomic E-state index is 11.7. The van der Waals surface area contributed by atoms with Gasteiger partial charge in [0.1, 0.15) is 6.04 Å². The first-order valence-corrected chi connectivity index (χ1v) is 6.83. The van der Waals surface area contributed by atoms with Crippen molar-refractivity contribution in [2.75, 3.05) is 13.7 Å². The molecule has 0 saturated carbocycles. The van der Waals surface area contributed by atoms with Crippen molar-refractivity contribution in [2.24, 2.45) is 5.73 Å². The van der Waals surface area contributed by atoms with Crippen LogP contribution in [0, 0.1) is 3.57 Å². The number of rotatable bonds is 6. The zero-order valence-electron chi connectivity index (χ0n) is 10.9. The van der Waals surface area contributed by atoms with Crippen LogP contribution in [0.15, 0.2) is 24.3 Å². The van der Waals surface area contributed by atoms with Gasteiger partial charge in [0.25, 0.3) is 0 Å². The molecule has 0 saturated heterocycles. The van der Waals surface area contributed by atoms with E-state index in [2.05, 4.69) is 22.6 Å². The van der Waals surface area contributed by atoms with E-state index in [9.17, 15) is 9.59 Å². The van der Waals surface area contributed by atoms with Crippen molar-refractivity contribution in [3.63, 3.8) is 0 Å². The van der Waals surface area contributed by atoms with E-state index >= 15 is 0 Å². The molecule has 2 amide bonds. The summed E-state index contributed by atoms with van der Waals surface area (Å²) >= 11 is 2.21. The minimum atomic E-state index is -0.748. The third kappa shape index (κ3) is 4.79. The highest BCUT2D eigenvalue weighted by molar-refractivity contribution is 14.1. The Labute approximate surface area is 126 Å². The van der Waals surface area contributed by atoms with Gasteiger partial charge in [0.15, 0.2) is 0 Å². The number of ether oxygens (including phenoxy) is 1. The van der Waals surface area contributed by atoms with Gasteiger partial charge in [-0.05, 0) is 40.3 Å². The molecule has 0 aromatic heterocycles. The highest BCUT2D eigenvalue weighted by Crippen LogP contribution is 2.12. The Balaban J connectivity index is 2.90. The lowest BCUT2D eigenvalue weighted by Crippen LogP contribution is -2.49. The molecule has 0 unspecified atom stereocenters. The van der Waals surface area contributed by atoms with Gasteiger partial charge in [-0.1, -0.05) is 12.1 Å². The fourth-order valence-electron chi connectivity index (χ4n) is 1.71. The lowest BCUT2D eigenvalue weighted by molar-refractivity contribution is -0.140. The van der Waals surface area contributed by atoms with Crippen LogP contribution in [0.5, 0.6) is 0 Å². The number of nitrogens with zero attached hydrogens (tertiary/aromatic N) is 1. The summed E-state index contributed by atoms with van der Waals surface area (Å²) in [6.07, 6.45) is 0. The Morgan fingerprint density at radius 2 is 1.95 bits per heavy atom. The number of nitrogens with two attached hydrogens (primary N) is 1. The van der Waals surface area contributed by atoms with E-state index < -0.39 is 11.9 Å². The molecule has 1 aromatic rings. The second kappa shape index (κ2) is 7.44. The maximum Gasteiger partial charge on any atom is 0.242 e. The van der Waals surface area contributed by atoms with Gasteiger partial charge in [-0.2, -0.15) is 0 Å². The number of hydrogen-bond donors (Lipinski definition) is 1. The zero-order valence-corrected chi connectivity index (χ0v) is 13.1. The van der Waals surface area contributed by atoms with Crippen LogP contribution < -0.4 is 5.73 Å². The van der Waals surface area contributed by atoms with E-state index in [0.29, 0.717) is 6.54 Å². The molecule has 0 bridgehead atoms. The standard InChI is InChI=1S/C13H17IN2O3/c1-9(17)16(12(8-19-2)13(15)18)7-10-3-5-11(14)6-4-10/h3-6,12H,7-8H2,1-2H3,(H2,15,18)/t12-/m1/s1. The number of halogens is 1. The van der Waals surface area contributed by atoms with E-state index in [1.807, 2.05) is 24.3 Å². The van der Waals surface area contributed by atoms with Crippen molar-refractivity contribution in [1.82, 2.24) is 4.90 Å². The van der Waals surface area contributed by atoms with Crippen LogP contribution in [-0.2, 0) is 20.9 Å². The molecule has 2 N–H and O–H groups in total. The molecule has 19 heavy (non-hydrogen) atoms. The lowest BCUT2D eigenvalue weighted by Gasteiger charge is -2.28. The number of methoxy groups -OCH3 is 1. The Bertz CT molecular complexity index is 448. The summed E-state index contributed by atoms with van der Waals surface area (Å²) in [6, 6.07) is 6.99. The Morgan fingerprint density at radius 1 is 1.37 bits per heavy atom. The first-order chi connectivity index (χ1) is 8.95. The number of carbonyl (C=O) groups is 2. The van der Waals surface area contributed by atoms with Gasteiger partial charge < -0.3 is 15.4 Å². The van der Waals surface area contributed by atoms with Gasteiger partial charge in [0.05, 0.1) is 6.61 Å². The van der Waals surface area contributed by atoms with Gasteiger partial charge in [-0.3, -0.25) is 9.59 Å². The monoisotopic (exact) mass is 376 g/mol. The summed E-state index contributed by atoms with van der Waals surface area (Å²) < 4.78 is 6.07. The smallest absolute Gasteiger partial charge is 0.242 e. The topological polar surface area (TPSA) is 72.6 Å². The molecule has 0 aliphatic rings. The quantitative estimate of drug-likeness (QED) is 0.757. The highest BCUT2D eigenvalue weighted by atomic mass is 127. The van der Waals surface area contributed by atoms with Crippen molar-refractivity contribution in [3.05, 3.63) is 33.4 Å². The zero-order chi connectivity index (χ0) is 14.4. The summed E-state index contributed by atoms with van der Waals surface area (Å²) in [5.74, 6) is -0.776. The number of benzene rings is 1. The third-order valence-electron chi connectivity index (χ3n) is 2.70. The SMILES string of the molecule is COC[C@H](C(N)=O)N(Cc1ccc(I)cc1)C(C)=O. The number of primary amides is 1. The summed E-state index contributed by atoms with van der Waals surface area (Å²) in [4.78, 5) is 24.5. The molecule has 1 rings (SSSR count). The molecule has 0 fully saturated rings. The number of hydrogen-bond acceptors (Lipinski definition) is 3. The number of carbonyl (C=O) groups excluding carboxylic acids is 2. The van der Waals surface area contributed by atoms with Crippen LogP contribution >= 0.6 is 22.6 Å². The average molecular weight is 376 g/mol. The molecular formula is C13H17IN2O3. The molecule has 0 radical (unpaired) electrons. The highest BCUT2D eigenvalue weighted by Gasteiger charge is 2.26. The van der Waals surface area contributed by atoms with E-state index in [0.717, 1.165) is 9.13 Å². The molecule has 0 spiro atoms. The van der Waals surface area contributed by atoms with Gasteiger partial charge in [-0.15, -0.1) is 0 Å². The second-order valence-electron chi connectivity index (χ2n) is 4.15. The molecule has 5 nitrogen and oxygen atoms in total. The van der Waals surface area contributed by atoms with Crippen molar-refractivity contribution in [1.29, 1.82) is 0 Å². The van der Waals surface area contributed by atoms with Crippen LogP contribution in [0.3, 0.4) is 0 Å². The van der Waals surface area contributed by atoms with Crippen LogP contribution in [-0.4, -0.2) is 36.5 Å². The fraction of sp³-hybridized carbons (Fsp3) is 0.385. The number of amides is 2. The maximum atomic E-state index is 11.7. The summed E-state index contributed by atoms with van der Waals surface area (Å²) in [5.41, 5.74) is 6.27. The molecule has 0 aliphatic heterocycles. The molecular weight excluding hydrogens is 359 g/mol. The molecule has 0 aliphatic carbocycles. The van der Waals surface area contributed by atoms with E-state index in [-0.39, 0.29) is 12.5 Å². The Kier molecular flexibility index (Phi) is 6.23. The average Bonchev–Trinajstić information content (AvgIpc) is 2.35. The van der Waals surface area contributed by atoms with Crippen molar-refractivity contribution >= 4 is 34.4 Å². The minimum Gasteiger partial charge on any atom is -0.382 e. The van der Waals surface area contributed by atoms with Crippen LogP contribution in [0.1, 0.15) is 12.5 Å². The van der Waals surface area contributed by atoms with Gasteiger partial charge in [0, 0.05) is 24.1 Å². The van der Waals surface area contributed by atoms with Crippen LogP contribution in [0.4, 0.5) is 0 Å². The summed E-state index contributed by atoms with van der Waals surface area (Å²) in [6.45, 7) is 1.85. The molecule has 0 heterocycles.